The number of pyridine rings is 1. The molecule has 11 nitrogen and oxygen atoms in total. The summed E-state index contributed by atoms with van der Waals surface area (Å²) in [5.41, 5.74) is 1.69. The molecule has 1 unspecified atom stereocenters. The van der Waals surface area contributed by atoms with E-state index >= 15 is 0 Å². The number of carbonyl (C=O) groups is 2. The topological polar surface area (TPSA) is 141 Å². The van der Waals surface area contributed by atoms with E-state index in [0.717, 1.165) is 0 Å². The van der Waals surface area contributed by atoms with E-state index in [1.165, 1.54) is 30.5 Å². The lowest BCUT2D eigenvalue weighted by Crippen LogP contribution is -2.30. The number of hydrogen-bond donors (Lipinski definition) is 2. The molecule has 0 aliphatic rings. The molecule has 0 aliphatic heterocycles. The number of fused-ring (bicyclic) bond motifs is 1. The van der Waals surface area contributed by atoms with Crippen LogP contribution in [0.1, 0.15) is 23.0 Å². The molecule has 4 aromatic heterocycles. The van der Waals surface area contributed by atoms with Crippen molar-refractivity contribution >= 4 is 28.9 Å². The number of nitrogens with zero attached hydrogens (tertiary/aromatic N) is 6. The summed E-state index contributed by atoms with van der Waals surface area (Å²) in [5.74, 6) is -0.383. The number of esters is 1. The molecule has 0 saturated heterocycles. The van der Waals surface area contributed by atoms with Crippen LogP contribution in [-0.2, 0) is 9.53 Å². The van der Waals surface area contributed by atoms with E-state index < -0.39 is 18.0 Å². The van der Waals surface area contributed by atoms with Crippen LogP contribution >= 0.6 is 0 Å². The lowest BCUT2D eigenvalue weighted by molar-refractivity contribution is -0.123. The van der Waals surface area contributed by atoms with E-state index in [1.807, 2.05) is 6.07 Å². The summed E-state index contributed by atoms with van der Waals surface area (Å²) in [6.07, 6.45) is 4.68. The van der Waals surface area contributed by atoms with E-state index in [-0.39, 0.29) is 11.4 Å². The van der Waals surface area contributed by atoms with E-state index in [0.29, 0.717) is 22.7 Å². The Hall–Kier alpha value is -4.15. The zero-order valence-corrected chi connectivity index (χ0v) is 15.5. The molecule has 0 spiro atoms. The number of imidazole rings is 1. The number of nitrogens with one attached hydrogen (secondary N) is 2. The van der Waals surface area contributed by atoms with Crippen LogP contribution < -0.4 is 5.32 Å². The maximum absolute atomic E-state index is 12.5. The van der Waals surface area contributed by atoms with Crippen LogP contribution in [0.2, 0.25) is 0 Å². The van der Waals surface area contributed by atoms with Gasteiger partial charge in [-0.2, -0.15) is 5.10 Å². The third-order valence-corrected chi connectivity index (χ3v) is 4.21. The highest BCUT2D eigenvalue weighted by Gasteiger charge is 2.23. The highest BCUT2D eigenvalue weighted by Crippen LogP contribution is 2.16. The summed E-state index contributed by atoms with van der Waals surface area (Å²) < 4.78 is 6.83. The number of H-pyrrole nitrogens is 1. The average molecular weight is 392 g/mol. The number of aromatic nitrogens is 7. The minimum absolute atomic E-state index is 0.244. The maximum Gasteiger partial charge on any atom is 0.342 e. The predicted octanol–water partition coefficient (Wildman–Crippen LogP) is 1.43. The monoisotopic (exact) mass is 392 g/mol. The Balaban J connectivity index is 1.46. The number of aromatic amines is 1. The minimum Gasteiger partial charge on any atom is -0.449 e. The molecule has 0 aliphatic carbocycles. The van der Waals surface area contributed by atoms with Crippen LogP contribution in [0.5, 0.6) is 0 Å². The molecule has 0 aromatic carbocycles. The van der Waals surface area contributed by atoms with Gasteiger partial charge in [-0.1, -0.05) is 6.07 Å². The van der Waals surface area contributed by atoms with E-state index in [2.05, 4.69) is 35.3 Å². The van der Waals surface area contributed by atoms with Crippen molar-refractivity contribution in [2.45, 2.75) is 20.0 Å². The van der Waals surface area contributed by atoms with Gasteiger partial charge in [-0.25, -0.2) is 29.4 Å². The smallest absolute Gasteiger partial charge is 0.342 e. The Labute approximate surface area is 164 Å². The molecule has 4 heterocycles. The van der Waals surface area contributed by atoms with Crippen molar-refractivity contribution in [3.63, 3.8) is 0 Å². The Morgan fingerprint density at radius 2 is 2.07 bits per heavy atom. The van der Waals surface area contributed by atoms with Crippen molar-refractivity contribution in [1.82, 2.24) is 34.7 Å². The maximum atomic E-state index is 12.5. The summed E-state index contributed by atoms with van der Waals surface area (Å²) in [6.45, 7) is 3.19. The number of anilines is 1. The number of carbonyl (C=O) groups excluding carboxylic acids is 2. The van der Waals surface area contributed by atoms with Gasteiger partial charge in [-0.05, 0) is 26.0 Å². The van der Waals surface area contributed by atoms with Gasteiger partial charge in [0, 0.05) is 6.20 Å². The first-order chi connectivity index (χ1) is 14.0. The van der Waals surface area contributed by atoms with Crippen molar-refractivity contribution < 1.29 is 14.3 Å². The number of ether oxygens (including phenoxy) is 1. The average Bonchev–Trinajstić information content (AvgIpc) is 3.35. The molecule has 146 valence electrons. The summed E-state index contributed by atoms with van der Waals surface area (Å²) in [7, 11) is 0. The van der Waals surface area contributed by atoms with Gasteiger partial charge in [0.2, 0.25) is 0 Å². The summed E-state index contributed by atoms with van der Waals surface area (Å²) in [5, 5.41) is 6.78. The predicted molar refractivity (Wildman–Crippen MR) is 101 cm³/mol. The fraction of sp³-hybridized carbons (Fsp3) is 0.167. The standard InChI is InChI=1S/C18H16N8O3/c1-10-12(7-24-26(10)13-5-3-4-6-19-13)18(28)29-11(2)17(27)25-16-14-15(21-8-20-14)22-9-23-16/h3-9,11H,1-2H3,(H2,20,21,22,23,25,27). The molecule has 1 atom stereocenters. The Morgan fingerprint density at radius 1 is 1.21 bits per heavy atom. The SMILES string of the molecule is Cc1c(C(=O)OC(C)C(=O)Nc2ncnc3nc[nH]c23)cnn1-c1ccccn1. The molecule has 4 aromatic rings. The molecule has 0 bridgehead atoms. The first kappa shape index (κ1) is 18.2. The summed E-state index contributed by atoms with van der Waals surface area (Å²) in [6, 6.07) is 5.37. The third-order valence-electron chi connectivity index (χ3n) is 4.21. The second-order valence-electron chi connectivity index (χ2n) is 6.10. The third kappa shape index (κ3) is 3.52. The van der Waals surface area contributed by atoms with E-state index in [9.17, 15) is 9.59 Å². The quantitative estimate of drug-likeness (QED) is 0.486. The highest BCUT2D eigenvalue weighted by molar-refractivity contribution is 6.00. The molecule has 0 radical (unpaired) electrons. The van der Waals surface area contributed by atoms with Gasteiger partial charge in [-0.15, -0.1) is 0 Å². The molecule has 0 fully saturated rings. The zero-order valence-electron chi connectivity index (χ0n) is 15.5. The molecular formula is C18H16N8O3. The van der Waals surface area contributed by atoms with Crippen LogP contribution in [0.4, 0.5) is 5.82 Å². The minimum atomic E-state index is -1.06. The van der Waals surface area contributed by atoms with Gasteiger partial charge in [0.05, 0.1) is 18.2 Å². The van der Waals surface area contributed by atoms with Crippen molar-refractivity contribution in [1.29, 1.82) is 0 Å². The summed E-state index contributed by atoms with van der Waals surface area (Å²) in [4.78, 5) is 44.0. The van der Waals surface area contributed by atoms with Gasteiger partial charge < -0.3 is 15.0 Å². The van der Waals surface area contributed by atoms with Gasteiger partial charge in [0.15, 0.2) is 23.4 Å². The normalized spacial score (nSPS) is 11.9. The van der Waals surface area contributed by atoms with Gasteiger partial charge in [0.25, 0.3) is 5.91 Å². The van der Waals surface area contributed by atoms with Gasteiger partial charge in [-0.3, -0.25) is 4.79 Å². The van der Waals surface area contributed by atoms with Crippen LogP contribution in [-0.4, -0.2) is 52.7 Å². The van der Waals surface area contributed by atoms with Gasteiger partial charge >= 0.3 is 5.97 Å². The molecular weight excluding hydrogens is 376 g/mol. The van der Waals surface area contributed by atoms with Crippen molar-refractivity contribution in [2.24, 2.45) is 0 Å². The number of hydrogen-bond acceptors (Lipinski definition) is 8. The van der Waals surface area contributed by atoms with Crippen molar-refractivity contribution in [3.05, 3.63) is 54.5 Å². The highest BCUT2D eigenvalue weighted by atomic mass is 16.5. The van der Waals surface area contributed by atoms with Crippen molar-refractivity contribution in [3.8, 4) is 5.82 Å². The number of amides is 1. The van der Waals surface area contributed by atoms with Crippen LogP contribution in [0.15, 0.2) is 43.2 Å². The molecule has 4 rings (SSSR count). The van der Waals surface area contributed by atoms with E-state index in [1.54, 1.807) is 25.3 Å². The van der Waals surface area contributed by atoms with Crippen LogP contribution in [0, 0.1) is 6.92 Å². The summed E-state index contributed by atoms with van der Waals surface area (Å²) >= 11 is 0. The largest absolute Gasteiger partial charge is 0.449 e. The fourth-order valence-electron chi connectivity index (χ4n) is 2.68. The van der Waals surface area contributed by atoms with E-state index in [4.69, 9.17) is 4.74 Å². The lowest BCUT2D eigenvalue weighted by Gasteiger charge is -2.13. The van der Waals surface area contributed by atoms with Crippen LogP contribution in [0.25, 0.3) is 17.0 Å². The molecule has 2 N–H and O–H groups in total. The van der Waals surface area contributed by atoms with Crippen LogP contribution in [0.3, 0.4) is 0 Å². The zero-order chi connectivity index (χ0) is 20.4. The second kappa shape index (κ2) is 7.46. The molecule has 11 heteroatoms. The molecule has 0 saturated carbocycles. The number of rotatable bonds is 5. The van der Waals surface area contributed by atoms with Crippen molar-refractivity contribution in [2.75, 3.05) is 5.32 Å². The second-order valence-corrected chi connectivity index (χ2v) is 6.10. The van der Waals surface area contributed by atoms with Gasteiger partial charge in [0.1, 0.15) is 17.4 Å². The first-order valence-corrected chi connectivity index (χ1v) is 8.66. The Kier molecular flexibility index (Phi) is 4.69. The molecule has 29 heavy (non-hydrogen) atoms. The fourth-order valence-corrected chi connectivity index (χ4v) is 2.68. The Morgan fingerprint density at radius 3 is 2.86 bits per heavy atom. The first-order valence-electron chi connectivity index (χ1n) is 8.66. The molecule has 1 amide bonds. The Bertz CT molecular complexity index is 1180. The lowest BCUT2D eigenvalue weighted by atomic mass is 10.2.